The second-order valence-electron chi connectivity index (χ2n) is 5.64. The fourth-order valence-corrected chi connectivity index (χ4v) is 2.27. The Morgan fingerprint density at radius 2 is 1.93 bits per heavy atom. The predicted molar refractivity (Wildman–Crippen MR) is 109 cm³/mol. The molecular weight excluding hydrogens is 356 g/mol. The van der Waals surface area contributed by atoms with Gasteiger partial charge in [-0.3, -0.25) is 14.9 Å². The van der Waals surface area contributed by atoms with Gasteiger partial charge in [0.05, 0.1) is 11.5 Å². The number of carbonyl (C=O) groups excluding carboxylic acids is 1. The molecule has 142 valence electrons. The summed E-state index contributed by atoms with van der Waals surface area (Å²) >= 11 is 0. The first-order chi connectivity index (χ1) is 13.6. The monoisotopic (exact) mass is 376 g/mol. The van der Waals surface area contributed by atoms with Crippen LogP contribution < -0.4 is 10.1 Å². The Kier molecular flexibility index (Phi) is 8.03. The first kappa shape index (κ1) is 20.5. The van der Waals surface area contributed by atoms with Crippen molar-refractivity contribution in [3.05, 3.63) is 88.5 Å². The maximum Gasteiger partial charge on any atom is 0.269 e. The Morgan fingerprint density at radius 1 is 1.18 bits per heavy atom. The molecule has 2 aromatic rings. The van der Waals surface area contributed by atoms with Gasteiger partial charge in [0.15, 0.2) is 0 Å². The van der Waals surface area contributed by atoms with Gasteiger partial charge in [-0.05, 0) is 41.8 Å². The molecule has 6 heteroatoms. The summed E-state index contributed by atoms with van der Waals surface area (Å²) in [7, 11) is 0. The van der Waals surface area contributed by atoms with Gasteiger partial charge < -0.3 is 10.1 Å². The highest BCUT2D eigenvalue weighted by molar-refractivity contribution is 5.91. The smallest absolute Gasteiger partial charge is 0.269 e. The van der Waals surface area contributed by atoms with Gasteiger partial charge in [0, 0.05) is 18.2 Å². The molecule has 0 fully saturated rings. The number of nitro groups is 1. The van der Waals surface area contributed by atoms with Gasteiger partial charge in [-0.25, -0.2) is 0 Å². The maximum atomic E-state index is 11.7. The number of nitro benzene ring substituents is 1. The third-order valence-corrected chi connectivity index (χ3v) is 3.64. The van der Waals surface area contributed by atoms with Gasteiger partial charge in [-0.15, -0.1) is 6.58 Å². The van der Waals surface area contributed by atoms with E-state index >= 15 is 0 Å². The average Bonchev–Trinajstić information content (AvgIpc) is 2.70. The van der Waals surface area contributed by atoms with Crippen molar-refractivity contribution in [2.24, 2.45) is 0 Å². The number of allylic oxidation sites excluding steroid dienone is 1. The van der Waals surface area contributed by atoms with E-state index in [1.54, 1.807) is 18.2 Å². The van der Waals surface area contributed by atoms with Crippen LogP contribution in [0.5, 0.6) is 5.75 Å². The number of hydrogen-bond acceptors (Lipinski definition) is 4. The zero-order valence-corrected chi connectivity index (χ0v) is 15.3. The molecule has 0 bridgehead atoms. The van der Waals surface area contributed by atoms with Crippen molar-refractivity contribution >= 4 is 17.7 Å². The van der Waals surface area contributed by atoms with E-state index < -0.39 is 4.92 Å². The fraction of sp³-hybridized carbons (Fsp3) is 0.136. The molecule has 0 aliphatic rings. The lowest BCUT2D eigenvalue weighted by Crippen LogP contribution is -2.21. The van der Waals surface area contributed by atoms with E-state index in [-0.39, 0.29) is 24.7 Å². The third kappa shape index (κ3) is 6.81. The lowest BCUT2D eigenvalue weighted by Gasteiger charge is -2.07. The van der Waals surface area contributed by atoms with Gasteiger partial charge in [0.1, 0.15) is 12.4 Å². The van der Waals surface area contributed by atoms with Crippen LogP contribution in [0.25, 0.3) is 6.08 Å². The highest BCUT2D eigenvalue weighted by Gasteiger charge is 2.02. The first-order valence-electron chi connectivity index (χ1n) is 8.58. The Bertz CT molecular complexity index is 922. The summed E-state index contributed by atoms with van der Waals surface area (Å²) in [6.07, 6.45) is 5.46. The number of benzene rings is 2. The standard InChI is InChI=1S/C22H20N2O4/c1-2-7-19-8-3-4-9-21(19)28-17-6-5-16-23-22(25)15-12-18-10-13-20(14-11-18)24(26)27/h2-4,8-15H,1,7,16-17H2,(H,23,25)/b15-12+. The van der Waals surface area contributed by atoms with Crippen LogP contribution in [0.2, 0.25) is 0 Å². The number of amides is 1. The van der Waals surface area contributed by atoms with Gasteiger partial charge in [-0.1, -0.05) is 36.1 Å². The molecule has 0 aliphatic carbocycles. The predicted octanol–water partition coefficient (Wildman–Crippen LogP) is 3.54. The van der Waals surface area contributed by atoms with Crippen molar-refractivity contribution in [3.63, 3.8) is 0 Å². The number of carbonyl (C=O) groups is 1. The molecule has 0 saturated heterocycles. The van der Waals surface area contributed by atoms with Crippen LogP contribution in [0.1, 0.15) is 11.1 Å². The zero-order valence-electron chi connectivity index (χ0n) is 15.3. The van der Waals surface area contributed by atoms with E-state index in [4.69, 9.17) is 4.74 Å². The first-order valence-corrected chi connectivity index (χ1v) is 8.58. The zero-order chi connectivity index (χ0) is 20.2. The highest BCUT2D eigenvalue weighted by atomic mass is 16.6. The molecular formula is C22H20N2O4. The van der Waals surface area contributed by atoms with E-state index in [0.717, 1.165) is 17.7 Å². The number of nitrogens with zero attached hydrogens (tertiary/aromatic N) is 1. The topological polar surface area (TPSA) is 81.5 Å². The second-order valence-corrected chi connectivity index (χ2v) is 5.64. The van der Waals surface area contributed by atoms with Gasteiger partial charge in [-0.2, -0.15) is 0 Å². The van der Waals surface area contributed by atoms with Crippen LogP contribution in [0.4, 0.5) is 5.69 Å². The molecule has 0 aromatic heterocycles. The number of para-hydroxylation sites is 1. The summed E-state index contributed by atoms with van der Waals surface area (Å²) in [5.74, 6) is 6.14. The number of hydrogen-bond donors (Lipinski definition) is 1. The molecule has 2 aromatic carbocycles. The minimum atomic E-state index is -0.472. The molecule has 0 unspecified atom stereocenters. The lowest BCUT2D eigenvalue weighted by atomic mass is 10.1. The molecule has 6 nitrogen and oxygen atoms in total. The Hall–Kier alpha value is -3.85. The van der Waals surface area contributed by atoms with Gasteiger partial charge in [0.25, 0.3) is 5.69 Å². The lowest BCUT2D eigenvalue weighted by molar-refractivity contribution is -0.384. The largest absolute Gasteiger partial charge is 0.481 e. The van der Waals surface area contributed by atoms with Crippen LogP contribution in [-0.4, -0.2) is 24.0 Å². The third-order valence-electron chi connectivity index (χ3n) is 3.64. The van der Waals surface area contributed by atoms with E-state index in [2.05, 4.69) is 23.7 Å². The van der Waals surface area contributed by atoms with Crippen molar-refractivity contribution in [2.75, 3.05) is 13.2 Å². The summed E-state index contributed by atoms with van der Waals surface area (Å²) in [6.45, 7) is 4.14. The Morgan fingerprint density at radius 3 is 2.64 bits per heavy atom. The quantitative estimate of drug-likeness (QED) is 0.251. The molecule has 0 heterocycles. The summed E-state index contributed by atoms with van der Waals surface area (Å²) in [5, 5.41) is 13.2. The Balaban J connectivity index is 1.74. The summed E-state index contributed by atoms with van der Waals surface area (Å²) in [5.41, 5.74) is 1.74. The van der Waals surface area contributed by atoms with E-state index in [0.29, 0.717) is 5.56 Å². The van der Waals surface area contributed by atoms with E-state index in [9.17, 15) is 14.9 Å². The van der Waals surface area contributed by atoms with Crippen molar-refractivity contribution in [1.29, 1.82) is 0 Å². The number of non-ortho nitro benzene ring substituents is 1. The SMILES string of the molecule is C=CCc1ccccc1OCC#CCNC(=O)/C=C/c1ccc([N+](=O)[O-])cc1. The van der Waals surface area contributed by atoms with Crippen LogP contribution in [0.15, 0.2) is 67.3 Å². The van der Waals surface area contributed by atoms with E-state index in [1.165, 1.54) is 18.2 Å². The van der Waals surface area contributed by atoms with Crippen molar-refractivity contribution in [1.82, 2.24) is 5.32 Å². The molecule has 0 aliphatic heterocycles. The Labute approximate surface area is 163 Å². The highest BCUT2D eigenvalue weighted by Crippen LogP contribution is 2.18. The fourth-order valence-electron chi connectivity index (χ4n) is 2.27. The number of ether oxygens (including phenoxy) is 1. The molecule has 0 saturated carbocycles. The molecule has 1 N–H and O–H groups in total. The van der Waals surface area contributed by atoms with Crippen LogP contribution in [0, 0.1) is 22.0 Å². The van der Waals surface area contributed by atoms with Crippen molar-refractivity contribution < 1.29 is 14.5 Å². The van der Waals surface area contributed by atoms with Gasteiger partial charge in [0.2, 0.25) is 5.91 Å². The van der Waals surface area contributed by atoms with Gasteiger partial charge >= 0.3 is 0 Å². The summed E-state index contributed by atoms with van der Waals surface area (Å²) in [6, 6.07) is 13.6. The van der Waals surface area contributed by atoms with Crippen molar-refractivity contribution in [3.8, 4) is 17.6 Å². The number of rotatable bonds is 8. The summed E-state index contributed by atoms with van der Waals surface area (Å²) in [4.78, 5) is 21.9. The molecule has 0 radical (unpaired) electrons. The molecule has 28 heavy (non-hydrogen) atoms. The molecule has 0 atom stereocenters. The minimum absolute atomic E-state index is 0.00575. The van der Waals surface area contributed by atoms with Crippen LogP contribution in [0.3, 0.4) is 0 Å². The molecule has 1 amide bonds. The number of nitrogens with one attached hydrogen (secondary N) is 1. The average molecular weight is 376 g/mol. The van der Waals surface area contributed by atoms with E-state index in [1.807, 2.05) is 30.3 Å². The molecule has 0 spiro atoms. The molecule has 2 rings (SSSR count). The van der Waals surface area contributed by atoms with Crippen LogP contribution >= 0.6 is 0 Å². The van der Waals surface area contributed by atoms with Crippen LogP contribution in [-0.2, 0) is 11.2 Å². The second kappa shape index (κ2) is 11.0. The maximum absolute atomic E-state index is 11.7. The van der Waals surface area contributed by atoms with Crippen molar-refractivity contribution in [2.45, 2.75) is 6.42 Å². The minimum Gasteiger partial charge on any atom is -0.481 e. The normalized spacial score (nSPS) is 10.0. The summed E-state index contributed by atoms with van der Waals surface area (Å²) < 4.78 is 5.63.